The molecule has 1 rings (SSSR count). The molecule has 1 unspecified atom stereocenters. The Bertz CT molecular complexity index is 291. The summed E-state index contributed by atoms with van der Waals surface area (Å²) in [4.78, 5) is 2.52. The van der Waals surface area contributed by atoms with Crippen molar-refractivity contribution >= 4 is 0 Å². The van der Waals surface area contributed by atoms with E-state index in [1.54, 1.807) is 0 Å². The quantitative estimate of drug-likeness (QED) is 0.699. The van der Waals surface area contributed by atoms with Crippen LogP contribution in [0.25, 0.3) is 0 Å². The van der Waals surface area contributed by atoms with E-state index in [1.807, 2.05) is 0 Å². The Hall–Kier alpha value is -0.590. The highest BCUT2D eigenvalue weighted by molar-refractivity contribution is 5.06. The Morgan fingerprint density at radius 2 is 1.95 bits per heavy atom. The third-order valence-electron chi connectivity index (χ3n) is 4.84. The van der Waals surface area contributed by atoms with Crippen molar-refractivity contribution in [3.63, 3.8) is 0 Å². The van der Waals surface area contributed by atoms with Crippen LogP contribution in [0.4, 0.5) is 0 Å². The van der Waals surface area contributed by atoms with Crippen molar-refractivity contribution in [3.05, 3.63) is 0 Å². The fraction of sp³-hybridized carbons (Fsp3) is 0.941. The lowest BCUT2D eigenvalue weighted by Crippen LogP contribution is -2.44. The Kier molecular flexibility index (Phi) is 8.18. The fourth-order valence-corrected chi connectivity index (χ4v) is 3.26. The molecule has 0 heterocycles. The van der Waals surface area contributed by atoms with Gasteiger partial charge in [0, 0.05) is 6.04 Å². The van der Waals surface area contributed by atoms with Gasteiger partial charge in [0.25, 0.3) is 0 Å². The van der Waals surface area contributed by atoms with Crippen molar-refractivity contribution in [1.82, 2.24) is 10.2 Å². The largest absolute Gasteiger partial charge is 0.303 e. The molecule has 0 aromatic heterocycles. The van der Waals surface area contributed by atoms with Crippen molar-refractivity contribution in [2.24, 2.45) is 0 Å². The van der Waals surface area contributed by atoms with E-state index in [9.17, 15) is 5.26 Å². The molecule has 0 aliphatic heterocycles. The number of hydrogen-bond donors (Lipinski definition) is 1. The summed E-state index contributed by atoms with van der Waals surface area (Å²) >= 11 is 0. The molecule has 0 radical (unpaired) electrons. The minimum Gasteiger partial charge on any atom is -0.303 e. The first-order valence-corrected chi connectivity index (χ1v) is 8.54. The summed E-state index contributed by atoms with van der Waals surface area (Å²) in [5, 5.41) is 12.9. The van der Waals surface area contributed by atoms with Crippen LogP contribution in [-0.2, 0) is 0 Å². The van der Waals surface area contributed by atoms with Crippen molar-refractivity contribution in [1.29, 1.82) is 5.26 Å². The summed E-state index contributed by atoms with van der Waals surface area (Å²) < 4.78 is 0. The van der Waals surface area contributed by atoms with Crippen LogP contribution >= 0.6 is 0 Å². The zero-order chi connectivity index (χ0) is 14.8. The highest BCUT2D eigenvalue weighted by atomic mass is 15.1. The van der Waals surface area contributed by atoms with E-state index in [0.717, 1.165) is 44.8 Å². The number of rotatable bonds is 9. The molecule has 1 atom stereocenters. The second kappa shape index (κ2) is 9.37. The van der Waals surface area contributed by atoms with Crippen molar-refractivity contribution < 1.29 is 0 Å². The second-order valence-electron chi connectivity index (χ2n) is 6.35. The van der Waals surface area contributed by atoms with E-state index in [4.69, 9.17) is 0 Å². The maximum Gasteiger partial charge on any atom is 0.106 e. The molecule has 1 saturated carbocycles. The smallest absolute Gasteiger partial charge is 0.106 e. The van der Waals surface area contributed by atoms with Gasteiger partial charge >= 0.3 is 0 Å². The molecule has 1 aliphatic rings. The predicted octanol–water partition coefficient (Wildman–Crippen LogP) is 3.70. The first kappa shape index (κ1) is 17.5. The summed E-state index contributed by atoms with van der Waals surface area (Å²) in [7, 11) is 2.26. The van der Waals surface area contributed by atoms with Crippen LogP contribution in [0, 0.1) is 11.3 Å². The number of nitrogens with one attached hydrogen (secondary N) is 1. The highest BCUT2D eigenvalue weighted by Gasteiger charge is 2.27. The molecule has 0 aromatic carbocycles. The average molecular weight is 279 g/mol. The number of nitriles is 1. The number of hydrogen-bond acceptors (Lipinski definition) is 3. The molecule has 1 fully saturated rings. The summed E-state index contributed by atoms with van der Waals surface area (Å²) in [5.74, 6) is 0. The summed E-state index contributed by atoms with van der Waals surface area (Å²) in [6.45, 7) is 6.35. The van der Waals surface area contributed by atoms with E-state index in [1.165, 1.54) is 32.1 Å². The van der Waals surface area contributed by atoms with Crippen LogP contribution in [0.3, 0.4) is 0 Å². The van der Waals surface area contributed by atoms with Gasteiger partial charge in [0.1, 0.15) is 5.54 Å². The van der Waals surface area contributed by atoms with Gasteiger partial charge in [-0.15, -0.1) is 0 Å². The minimum atomic E-state index is -0.302. The van der Waals surface area contributed by atoms with Gasteiger partial charge in [-0.2, -0.15) is 5.26 Å². The lowest BCUT2D eigenvalue weighted by molar-refractivity contribution is 0.183. The standard InChI is InChI=1S/C17H33N3/c1-4-13-19-17(5-2,15-18)12-9-14-20(3)16-10-7-6-8-11-16/h16,19H,4-14H2,1-3H3. The van der Waals surface area contributed by atoms with E-state index >= 15 is 0 Å². The third kappa shape index (κ3) is 5.42. The van der Waals surface area contributed by atoms with Crippen LogP contribution in [-0.4, -0.2) is 36.6 Å². The molecular formula is C17H33N3. The van der Waals surface area contributed by atoms with Crippen molar-refractivity contribution in [2.75, 3.05) is 20.1 Å². The van der Waals surface area contributed by atoms with E-state index in [-0.39, 0.29) is 5.54 Å². The summed E-state index contributed by atoms with van der Waals surface area (Å²) in [6.07, 6.45) is 11.0. The molecule has 3 nitrogen and oxygen atoms in total. The van der Waals surface area contributed by atoms with Crippen LogP contribution in [0.1, 0.15) is 71.6 Å². The fourth-order valence-electron chi connectivity index (χ4n) is 3.26. The molecule has 116 valence electrons. The molecule has 0 amide bonds. The molecule has 0 spiro atoms. The van der Waals surface area contributed by atoms with E-state index in [0.29, 0.717) is 0 Å². The summed E-state index contributed by atoms with van der Waals surface area (Å²) in [6, 6.07) is 3.31. The first-order valence-electron chi connectivity index (χ1n) is 8.54. The SMILES string of the molecule is CCCNC(C#N)(CC)CCCN(C)C1CCCCC1. The molecular weight excluding hydrogens is 246 g/mol. The zero-order valence-electron chi connectivity index (χ0n) is 13.7. The van der Waals surface area contributed by atoms with Gasteiger partial charge in [-0.05, 0) is 58.7 Å². The average Bonchev–Trinajstić information content (AvgIpc) is 2.51. The number of nitrogens with zero attached hydrogens (tertiary/aromatic N) is 2. The van der Waals surface area contributed by atoms with Gasteiger partial charge < -0.3 is 4.90 Å². The van der Waals surface area contributed by atoms with Gasteiger partial charge in [0.15, 0.2) is 0 Å². The maximum atomic E-state index is 9.49. The predicted molar refractivity (Wildman–Crippen MR) is 85.7 cm³/mol. The molecule has 20 heavy (non-hydrogen) atoms. The molecule has 0 bridgehead atoms. The lowest BCUT2D eigenvalue weighted by Gasteiger charge is -2.32. The van der Waals surface area contributed by atoms with Crippen LogP contribution < -0.4 is 5.32 Å². The highest BCUT2D eigenvalue weighted by Crippen LogP contribution is 2.23. The van der Waals surface area contributed by atoms with Crippen molar-refractivity contribution in [3.8, 4) is 6.07 Å². The molecule has 1 aliphatic carbocycles. The van der Waals surface area contributed by atoms with E-state index < -0.39 is 0 Å². The van der Waals surface area contributed by atoms with Crippen LogP contribution in [0.15, 0.2) is 0 Å². The van der Waals surface area contributed by atoms with Gasteiger partial charge in [-0.1, -0.05) is 33.1 Å². The molecule has 0 aromatic rings. The van der Waals surface area contributed by atoms with Crippen LogP contribution in [0.5, 0.6) is 0 Å². The Labute approximate surface area is 125 Å². The van der Waals surface area contributed by atoms with E-state index in [2.05, 4.69) is 37.2 Å². The Morgan fingerprint density at radius 3 is 2.50 bits per heavy atom. The normalized spacial score (nSPS) is 19.8. The molecule has 0 saturated heterocycles. The Morgan fingerprint density at radius 1 is 1.25 bits per heavy atom. The molecule has 3 heteroatoms. The zero-order valence-corrected chi connectivity index (χ0v) is 13.7. The topological polar surface area (TPSA) is 39.1 Å². The Balaban J connectivity index is 2.34. The van der Waals surface area contributed by atoms with Gasteiger partial charge in [-0.3, -0.25) is 5.32 Å². The van der Waals surface area contributed by atoms with Gasteiger partial charge in [0.2, 0.25) is 0 Å². The third-order valence-corrected chi connectivity index (χ3v) is 4.84. The monoisotopic (exact) mass is 279 g/mol. The minimum absolute atomic E-state index is 0.302. The lowest BCUT2D eigenvalue weighted by atomic mass is 9.91. The molecule has 1 N–H and O–H groups in total. The van der Waals surface area contributed by atoms with Crippen LogP contribution in [0.2, 0.25) is 0 Å². The maximum absolute atomic E-state index is 9.49. The van der Waals surface area contributed by atoms with Gasteiger partial charge in [0.05, 0.1) is 6.07 Å². The first-order chi connectivity index (χ1) is 9.67. The van der Waals surface area contributed by atoms with Gasteiger partial charge in [-0.25, -0.2) is 0 Å². The van der Waals surface area contributed by atoms with Crippen molar-refractivity contribution in [2.45, 2.75) is 83.2 Å². The second-order valence-corrected chi connectivity index (χ2v) is 6.35. The summed E-state index contributed by atoms with van der Waals surface area (Å²) in [5.41, 5.74) is -0.302.